The molecule has 3 rings (SSSR count). The van der Waals surface area contributed by atoms with Crippen molar-refractivity contribution in [2.45, 2.75) is 20.4 Å². The van der Waals surface area contributed by atoms with Crippen molar-refractivity contribution in [3.63, 3.8) is 0 Å². The lowest BCUT2D eigenvalue weighted by molar-refractivity contribution is 0.110. The zero-order valence-corrected chi connectivity index (χ0v) is 10.9. The van der Waals surface area contributed by atoms with Crippen molar-refractivity contribution in [3.8, 4) is 11.4 Å². The summed E-state index contributed by atoms with van der Waals surface area (Å²) in [5, 5.41) is 0. The van der Waals surface area contributed by atoms with Crippen LogP contribution in [0, 0.1) is 6.92 Å². The van der Waals surface area contributed by atoms with Gasteiger partial charge in [-0.25, -0.2) is 4.98 Å². The first-order chi connectivity index (χ1) is 9.24. The van der Waals surface area contributed by atoms with Crippen LogP contribution in [0.5, 0.6) is 0 Å². The molecule has 0 saturated carbocycles. The van der Waals surface area contributed by atoms with Gasteiger partial charge in [-0.3, -0.25) is 4.79 Å². The van der Waals surface area contributed by atoms with Crippen molar-refractivity contribution in [2.24, 2.45) is 0 Å². The fourth-order valence-electron chi connectivity index (χ4n) is 2.38. The van der Waals surface area contributed by atoms with E-state index in [4.69, 9.17) is 4.42 Å². The highest BCUT2D eigenvalue weighted by atomic mass is 16.3. The van der Waals surface area contributed by atoms with Gasteiger partial charge in [-0.15, -0.1) is 0 Å². The van der Waals surface area contributed by atoms with Gasteiger partial charge in [-0.1, -0.05) is 23.8 Å². The van der Waals surface area contributed by atoms with Crippen LogP contribution in [0.4, 0.5) is 0 Å². The predicted molar refractivity (Wildman–Crippen MR) is 73.2 cm³/mol. The van der Waals surface area contributed by atoms with E-state index in [0.29, 0.717) is 5.76 Å². The summed E-state index contributed by atoms with van der Waals surface area (Å²) in [4.78, 5) is 15.6. The van der Waals surface area contributed by atoms with E-state index < -0.39 is 0 Å². The molecule has 0 aliphatic rings. The Balaban J connectivity index is 2.29. The van der Waals surface area contributed by atoms with Crippen molar-refractivity contribution in [3.05, 3.63) is 41.9 Å². The zero-order valence-electron chi connectivity index (χ0n) is 10.9. The molecule has 19 heavy (non-hydrogen) atoms. The smallest absolute Gasteiger partial charge is 0.192 e. The summed E-state index contributed by atoms with van der Waals surface area (Å²) in [6.07, 6.45) is 2.26. The molecule has 3 aromatic rings. The van der Waals surface area contributed by atoms with Crippen LogP contribution in [0.2, 0.25) is 0 Å². The molecule has 0 atom stereocenters. The molecule has 0 fully saturated rings. The SMILES string of the molecule is CCn1c(-c2cccc(C)c2)nc2coc(C=O)c21. The normalized spacial score (nSPS) is 11.1. The third kappa shape index (κ3) is 1.76. The monoisotopic (exact) mass is 254 g/mol. The number of imidazole rings is 1. The van der Waals surface area contributed by atoms with Gasteiger partial charge in [-0.2, -0.15) is 0 Å². The van der Waals surface area contributed by atoms with Crippen LogP contribution in [0.15, 0.2) is 34.9 Å². The van der Waals surface area contributed by atoms with Crippen LogP contribution in [-0.4, -0.2) is 15.8 Å². The van der Waals surface area contributed by atoms with Gasteiger partial charge in [0, 0.05) is 12.1 Å². The Morgan fingerprint density at radius 3 is 2.95 bits per heavy atom. The number of aldehydes is 1. The molecule has 0 aliphatic carbocycles. The molecule has 0 unspecified atom stereocenters. The van der Waals surface area contributed by atoms with E-state index in [1.165, 1.54) is 11.8 Å². The fourth-order valence-corrected chi connectivity index (χ4v) is 2.38. The molecule has 4 heteroatoms. The molecule has 0 bridgehead atoms. The van der Waals surface area contributed by atoms with Gasteiger partial charge in [-0.05, 0) is 19.9 Å². The molecule has 0 spiro atoms. The van der Waals surface area contributed by atoms with Gasteiger partial charge in [0.15, 0.2) is 12.0 Å². The van der Waals surface area contributed by atoms with E-state index in [2.05, 4.69) is 24.0 Å². The number of benzene rings is 1. The van der Waals surface area contributed by atoms with Crippen molar-refractivity contribution >= 4 is 17.3 Å². The molecule has 0 radical (unpaired) electrons. The summed E-state index contributed by atoms with van der Waals surface area (Å²) in [6, 6.07) is 8.17. The zero-order chi connectivity index (χ0) is 13.4. The number of carbonyl (C=O) groups excluding carboxylic acids is 1. The number of rotatable bonds is 3. The largest absolute Gasteiger partial charge is 0.457 e. The molecular formula is C15H14N2O2. The van der Waals surface area contributed by atoms with E-state index in [0.717, 1.165) is 35.3 Å². The maximum absolute atomic E-state index is 11.0. The number of hydrogen-bond acceptors (Lipinski definition) is 3. The van der Waals surface area contributed by atoms with E-state index in [1.54, 1.807) is 0 Å². The van der Waals surface area contributed by atoms with E-state index in [-0.39, 0.29) is 0 Å². The molecule has 0 aliphatic heterocycles. The summed E-state index contributed by atoms with van der Waals surface area (Å²) in [5.74, 6) is 1.21. The lowest BCUT2D eigenvalue weighted by Gasteiger charge is -2.06. The second kappa shape index (κ2) is 4.39. The molecular weight excluding hydrogens is 240 g/mol. The van der Waals surface area contributed by atoms with Crippen LogP contribution >= 0.6 is 0 Å². The Morgan fingerprint density at radius 2 is 2.26 bits per heavy atom. The number of aryl methyl sites for hydroxylation is 2. The third-order valence-electron chi connectivity index (χ3n) is 3.23. The molecule has 1 aromatic carbocycles. The number of carbonyl (C=O) groups is 1. The minimum absolute atomic E-state index is 0.336. The number of hydrogen-bond donors (Lipinski definition) is 0. The predicted octanol–water partition coefficient (Wildman–Crippen LogP) is 3.44. The topological polar surface area (TPSA) is 48.0 Å². The maximum Gasteiger partial charge on any atom is 0.192 e. The van der Waals surface area contributed by atoms with Crippen LogP contribution < -0.4 is 0 Å². The standard InChI is InChI=1S/C15H14N2O2/c1-3-17-14-12(9-19-13(14)8-18)16-15(17)11-6-4-5-10(2)7-11/h4-9H,3H2,1-2H3. The van der Waals surface area contributed by atoms with Crippen LogP contribution in [-0.2, 0) is 6.54 Å². The molecule has 0 saturated heterocycles. The van der Waals surface area contributed by atoms with Crippen molar-refractivity contribution in [1.82, 2.24) is 9.55 Å². The summed E-state index contributed by atoms with van der Waals surface area (Å²) in [7, 11) is 0. The molecule has 4 nitrogen and oxygen atoms in total. The van der Waals surface area contributed by atoms with Crippen LogP contribution in [0.3, 0.4) is 0 Å². The summed E-state index contributed by atoms with van der Waals surface area (Å²) >= 11 is 0. The van der Waals surface area contributed by atoms with Crippen molar-refractivity contribution in [1.29, 1.82) is 0 Å². The van der Waals surface area contributed by atoms with Crippen molar-refractivity contribution in [2.75, 3.05) is 0 Å². The number of furan rings is 1. The fraction of sp³-hybridized carbons (Fsp3) is 0.200. The molecule has 0 N–H and O–H groups in total. The van der Waals surface area contributed by atoms with Gasteiger partial charge in [0.05, 0.1) is 0 Å². The first kappa shape index (κ1) is 11.7. The highest BCUT2D eigenvalue weighted by molar-refractivity contribution is 5.93. The Bertz CT molecular complexity index is 753. The lowest BCUT2D eigenvalue weighted by Crippen LogP contribution is -1.99. The Hall–Kier alpha value is -2.36. The van der Waals surface area contributed by atoms with Crippen LogP contribution in [0.1, 0.15) is 23.0 Å². The lowest BCUT2D eigenvalue weighted by atomic mass is 10.1. The van der Waals surface area contributed by atoms with Gasteiger partial charge < -0.3 is 8.98 Å². The van der Waals surface area contributed by atoms with Gasteiger partial charge in [0.1, 0.15) is 23.1 Å². The molecule has 2 heterocycles. The third-order valence-corrected chi connectivity index (χ3v) is 3.23. The number of fused-ring (bicyclic) bond motifs is 1. The molecule has 2 aromatic heterocycles. The maximum atomic E-state index is 11.0. The highest BCUT2D eigenvalue weighted by Crippen LogP contribution is 2.28. The minimum Gasteiger partial charge on any atom is -0.457 e. The molecule has 96 valence electrons. The second-order valence-corrected chi connectivity index (χ2v) is 4.50. The average molecular weight is 254 g/mol. The Labute approximate surface area is 110 Å². The van der Waals surface area contributed by atoms with Gasteiger partial charge in [0.2, 0.25) is 0 Å². The highest BCUT2D eigenvalue weighted by Gasteiger charge is 2.17. The number of nitrogens with zero attached hydrogens (tertiary/aromatic N) is 2. The first-order valence-corrected chi connectivity index (χ1v) is 6.24. The Morgan fingerprint density at radius 1 is 1.42 bits per heavy atom. The van der Waals surface area contributed by atoms with E-state index >= 15 is 0 Å². The average Bonchev–Trinajstić information content (AvgIpc) is 2.96. The summed E-state index contributed by atoms with van der Waals surface area (Å²) in [5.41, 5.74) is 3.73. The van der Waals surface area contributed by atoms with Gasteiger partial charge >= 0.3 is 0 Å². The minimum atomic E-state index is 0.336. The quantitative estimate of drug-likeness (QED) is 0.673. The number of aromatic nitrogens is 2. The summed E-state index contributed by atoms with van der Waals surface area (Å²) in [6.45, 7) is 4.82. The first-order valence-electron chi connectivity index (χ1n) is 6.24. The molecule has 0 amide bonds. The summed E-state index contributed by atoms with van der Waals surface area (Å²) < 4.78 is 7.22. The van der Waals surface area contributed by atoms with Gasteiger partial charge in [0.25, 0.3) is 0 Å². The van der Waals surface area contributed by atoms with E-state index in [1.807, 2.05) is 23.6 Å². The van der Waals surface area contributed by atoms with Crippen molar-refractivity contribution < 1.29 is 9.21 Å². The van der Waals surface area contributed by atoms with Crippen LogP contribution in [0.25, 0.3) is 22.4 Å². The Kier molecular flexibility index (Phi) is 2.71. The van der Waals surface area contributed by atoms with E-state index in [9.17, 15) is 4.79 Å². The second-order valence-electron chi connectivity index (χ2n) is 4.50.